The first kappa shape index (κ1) is 16.8. The van der Waals surface area contributed by atoms with Crippen LogP contribution >= 0.6 is 0 Å². The van der Waals surface area contributed by atoms with E-state index in [9.17, 15) is 13.5 Å². The summed E-state index contributed by atoms with van der Waals surface area (Å²) in [7, 11) is 0.852. The van der Waals surface area contributed by atoms with E-state index in [0.717, 1.165) is 19.3 Å². The molecule has 1 saturated carbocycles. The van der Waals surface area contributed by atoms with Gasteiger partial charge in [-0.15, -0.1) is 0 Å². The average Bonchev–Trinajstić information content (AvgIpc) is 3.09. The topological polar surface area (TPSA) is 96.2 Å². The van der Waals surface area contributed by atoms with Crippen LogP contribution in [0.15, 0.2) is 17.0 Å². The number of fused-ring (bicyclic) bond motifs is 2. The van der Waals surface area contributed by atoms with E-state index in [-0.39, 0.29) is 19.3 Å². The average molecular weight is 314 g/mol. The third-order valence-corrected chi connectivity index (χ3v) is 6.23. The Kier molecular flexibility index (Phi) is 5.70. The van der Waals surface area contributed by atoms with Crippen molar-refractivity contribution in [2.24, 2.45) is 22.6 Å². The van der Waals surface area contributed by atoms with Crippen LogP contribution in [-0.4, -0.2) is 51.0 Å². The summed E-state index contributed by atoms with van der Waals surface area (Å²) in [6, 6.07) is 0. The third kappa shape index (κ3) is 3.80. The minimum absolute atomic E-state index is 0.103. The Balaban J connectivity index is 0.000000361. The van der Waals surface area contributed by atoms with Crippen molar-refractivity contribution in [2.45, 2.75) is 37.0 Å². The van der Waals surface area contributed by atoms with E-state index in [1.54, 1.807) is 0 Å². The second-order valence-corrected chi connectivity index (χ2v) is 7.58. The number of hydrogen-bond donors (Lipinski definition) is 2. The Morgan fingerprint density at radius 2 is 2.10 bits per heavy atom. The summed E-state index contributed by atoms with van der Waals surface area (Å²) in [5.74, 6) is 1.02. The maximum atomic E-state index is 11.8. The first-order valence-corrected chi connectivity index (χ1v) is 8.69. The van der Waals surface area contributed by atoms with E-state index in [1.165, 1.54) is 0 Å². The summed E-state index contributed by atoms with van der Waals surface area (Å²) in [5, 5.41) is 17.2. The van der Waals surface area contributed by atoms with Gasteiger partial charge < -0.3 is 5.11 Å². The van der Waals surface area contributed by atoms with E-state index in [1.807, 2.05) is 0 Å². The number of nitrogens with zero attached hydrogens (tertiary/aromatic N) is 1. The van der Waals surface area contributed by atoms with Crippen LogP contribution in [0.1, 0.15) is 25.7 Å². The molecule has 1 heterocycles. The van der Waals surface area contributed by atoms with Gasteiger partial charge in [0.2, 0.25) is 0 Å². The molecule has 3 rings (SSSR count). The molecule has 3 aliphatic rings. The molecule has 117 valence electrons. The van der Waals surface area contributed by atoms with Crippen molar-refractivity contribution in [1.82, 2.24) is 0 Å². The molecule has 0 amide bonds. The van der Waals surface area contributed by atoms with Crippen LogP contribution in [-0.2, 0) is 14.3 Å². The molecular weight excluding hydrogens is 293 g/mol. The van der Waals surface area contributed by atoms with Gasteiger partial charge in [-0.2, -0.15) is 8.42 Å². The Bertz CT molecular complexity index is 495. The number of aliphatic hydroxyl groups excluding tert-OH is 2. The Morgan fingerprint density at radius 3 is 2.57 bits per heavy atom. The van der Waals surface area contributed by atoms with Crippen LogP contribution in [0.2, 0.25) is 0 Å². The summed E-state index contributed by atoms with van der Waals surface area (Å²) in [6.07, 6.45) is 6.82. The summed E-state index contributed by atoms with van der Waals surface area (Å²) in [5.41, 5.74) is 0. The zero-order valence-corrected chi connectivity index (χ0v) is 12.7. The van der Waals surface area contributed by atoms with Gasteiger partial charge >= 0.3 is 24.4 Å². The fourth-order valence-electron chi connectivity index (χ4n) is 3.52. The molecule has 0 aromatic heterocycles. The van der Waals surface area contributed by atoms with Gasteiger partial charge in [0.25, 0.3) is 10.1 Å². The summed E-state index contributed by atoms with van der Waals surface area (Å²) >= 11 is 0. The van der Waals surface area contributed by atoms with Crippen molar-refractivity contribution in [3.63, 3.8) is 0 Å². The van der Waals surface area contributed by atoms with Crippen LogP contribution in [0.25, 0.3) is 0 Å². The van der Waals surface area contributed by atoms with Gasteiger partial charge in [0.05, 0.1) is 12.7 Å². The second kappa shape index (κ2) is 7.13. The molecule has 21 heavy (non-hydrogen) atoms. The molecule has 8 heteroatoms. The van der Waals surface area contributed by atoms with Gasteiger partial charge in [-0.1, -0.05) is 12.2 Å². The Labute approximate surface area is 126 Å². The summed E-state index contributed by atoms with van der Waals surface area (Å²) < 4.78 is 28.4. The van der Waals surface area contributed by atoms with Crippen LogP contribution in [0, 0.1) is 17.8 Å². The molecule has 0 spiro atoms. The van der Waals surface area contributed by atoms with Gasteiger partial charge in [0.15, 0.2) is 0 Å². The summed E-state index contributed by atoms with van der Waals surface area (Å²) in [6.45, 7) is -0.0117. The van der Waals surface area contributed by atoms with Crippen molar-refractivity contribution >= 4 is 17.8 Å². The van der Waals surface area contributed by atoms with E-state index in [0.29, 0.717) is 18.3 Å². The zero-order valence-electron chi connectivity index (χ0n) is 11.8. The number of allylic oxidation sites excluding steroid dienone is 2. The van der Waals surface area contributed by atoms with Gasteiger partial charge in [-0.3, -0.25) is 4.18 Å². The Hall–Kier alpha value is -0.565. The minimum atomic E-state index is -3.55. The summed E-state index contributed by atoms with van der Waals surface area (Å²) in [4.78, 5) is 2.79. The van der Waals surface area contributed by atoms with E-state index < -0.39 is 21.5 Å². The van der Waals surface area contributed by atoms with Crippen LogP contribution < -0.4 is 0 Å². The number of rotatable bonds is 3. The Morgan fingerprint density at radius 1 is 1.38 bits per heavy atom. The van der Waals surface area contributed by atoms with Crippen molar-refractivity contribution in [1.29, 1.82) is 0 Å². The fourth-order valence-corrected chi connectivity index (χ4v) is 5.05. The van der Waals surface area contributed by atoms with Gasteiger partial charge in [-0.05, 0) is 43.4 Å². The standard InChI is InChI=1S/C12H18O4S.CH3BNO/c13-12(10-7-8-3-4-9(10)6-8)11-2-1-5-16-17(11,14)15;2-3-1-4/h3-4,8-13H,1-2,5-7H2;4H,1H2. The van der Waals surface area contributed by atoms with E-state index in [4.69, 9.17) is 9.29 Å². The molecule has 1 aliphatic heterocycles. The van der Waals surface area contributed by atoms with Crippen molar-refractivity contribution in [2.75, 3.05) is 13.3 Å². The van der Waals surface area contributed by atoms with E-state index in [2.05, 4.69) is 24.7 Å². The van der Waals surface area contributed by atoms with Crippen molar-refractivity contribution in [3.8, 4) is 0 Å². The predicted molar refractivity (Wildman–Crippen MR) is 78.0 cm³/mol. The molecule has 2 N–H and O–H groups in total. The molecule has 2 bridgehead atoms. The van der Waals surface area contributed by atoms with Crippen molar-refractivity contribution in [3.05, 3.63) is 12.2 Å². The molecule has 2 fully saturated rings. The molecule has 1 saturated heterocycles. The molecule has 0 aromatic carbocycles. The fraction of sp³-hybridized carbons (Fsp3) is 0.846. The quantitative estimate of drug-likeness (QED) is 0.445. The first-order valence-electron chi connectivity index (χ1n) is 7.21. The maximum absolute atomic E-state index is 11.8. The van der Waals surface area contributed by atoms with Crippen LogP contribution in [0.3, 0.4) is 0 Å². The van der Waals surface area contributed by atoms with Gasteiger partial charge in [0, 0.05) is 0 Å². The van der Waals surface area contributed by atoms with Gasteiger partial charge in [-0.25, -0.2) is 0 Å². The van der Waals surface area contributed by atoms with Crippen LogP contribution in [0.4, 0.5) is 0 Å². The molecule has 2 aliphatic carbocycles. The predicted octanol–water partition coefficient (Wildman–Crippen LogP) is 0.357. The number of hydrogen-bond acceptors (Lipinski definition) is 6. The molecular formula is C13H21BNO5S. The molecule has 5 atom stereocenters. The molecule has 1 radical (unpaired) electrons. The monoisotopic (exact) mass is 314 g/mol. The van der Waals surface area contributed by atoms with E-state index >= 15 is 0 Å². The molecule has 6 nitrogen and oxygen atoms in total. The third-order valence-electron chi connectivity index (χ3n) is 4.48. The van der Waals surface area contributed by atoms with Crippen molar-refractivity contribution < 1.29 is 22.8 Å². The van der Waals surface area contributed by atoms with Gasteiger partial charge in [0.1, 0.15) is 5.25 Å². The first-order chi connectivity index (χ1) is 9.99. The molecule has 0 aromatic rings. The molecule has 5 unspecified atom stereocenters. The van der Waals surface area contributed by atoms with Crippen LogP contribution in [0.5, 0.6) is 0 Å². The normalized spacial score (nSPS) is 37.6. The SMILES string of the molecule is O=S1(=O)OCCCC1C(O)C1CC2C=CC1C2.[B]=NCO. The number of aliphatic hydroxyl groups is 2. The second-order valence-electron chi connectivity index (χ2n) is 5.75. The zero-order chi connectivity index (χ0) is 15.5.